The third-order valence-corrected chi connectivity index (χ3v) is 4.13. The summed E-state index contributed by atoms with van der Waals surface area (Å²) < 4.78 is 5.58. The van der Waals surface area contributed by atoms with Crippen LogP contribution in [0.5, 0.6) is 5.75 Å². The topological polar surface area (TPSA) is 9.23 Å². The molecule has 0 aliphatic carbocycles. The second kappa shape index (κ2) is 6.43. The minimum Gasteiger partial charge on any atom is -0.487 e. The van der Waals surface area contributed by atoms with Gasteiger partial charge in [-0.05, 0) is 18.2 Å². The normalized spacial score (nSPS) is 10.6. The Morgan fingerprint density at radius 2 is 1.32 bits per heavy atom. The minimum absolute atomic E-state index is 0.191. The van der Waals surface area contributed by atoms with Gasteiger partial charge < -0.3 is 4.74 Å². The van der Waals surface area contributed by atoms with Crippen LogP contribution in [0.1, 0.15) is 5.56 Å². The van der Waals surface area contributed by atoms with Crippen molar-refractivity contribution in [1.82, 2.24) is 0 Å². The molecule has 0 fully saturated rings. The van der Waals surface area contributed by atoms with Gasteiger partial charge in [0.15, 0.2) is 0 Å². The maximum Gasteiger partial charge on any atom is 0.139 e. The summed E-state index contributed by atoms with van der Waals surface area (Å²) in [6, 6.07) is 8.32. The van der Waals surface area contributed by atoms with E-state index in [4.69, 9.17) is 62.7 Å². The average Bonchev–Trinajstić information content (AvgIpc) is 2.34. The van der Waals surface area contributed by atoms with Crippen molar-refractivity contribution < 1.29 is 4.74 Å². The van der Waals surface area contributed by atoms with Crippen molar-refractivity contribution in [2.45, 2.75) is 6.61 Å². The molecule has 0 unspecified atom stereocenters. The molecule has 0 saturated carbocycles. The first-order chi connectivity index (χ1) is 8.99. The summed E-state index contributed by atoms with van der Waals surface area (Å²) >= 11 is 29.9. The fraction of sp³-hybridized carbons (Fsp3) is 0.0769. The molecule has 0 spiro atoms. The summed E-state index contributed by atoms with van der Waals surface area (Å²) in [5.74, 6) is 0.423. The number of benzene rings is 2. The Morgan fingerprint density at radius 1 is 0.737 bits per heavy atom. The van der Waals surface area contributed by atoms with Gasteiger partial charge in [0.25, 0.3) is 0 Å². The van der Waals surface area contributed by atoms with Gasteiger partial charge in [0.05, 0.1) is 15.1 Å². The molecule has 0 bridgehead atoms. The van der Waals surface area contributed by atoms with Crippen molar-refractivity contribution in [3.05, 3.63) is 61.0 Å². The van der Waals surface area contributed by atoms with Crippen LogP contribution < -0.4 is 4.74 Å². The van der Waals surface area contributed by atoms with Gasteiger partial charge in [-0.1, -0.05) is 64.1 Å². The molecule has 0 saturated heterocycles. The zero-order valence-corrected chi connectivity index (χ0v) is 13.2. The van der Waals surface area contributed by atoms with Crippen LogP contribution in [-0.4, -0.2) is 0 Å². The van der Waals surface area contributed by atoms with Crippen LogP contribution in [-0.2, 0) is 6.61 Å². The Morgan fingerprint density at radius 3 is 1.95 bits per heavy atom. The second-order valence-electron chi connectivity index (χ2n) is 3.69. The molecule has 0 heterocycles. The molecule has 0 aliphatic rings. The Bertz CT molecular complexity index is 592. The molecular formula is C13H7Cl5O. The quantitative estimate of drug-likeness (QED) is 0.568. The molecule has 2 rings (SSSR count). The molecule has 2 aromatic carbocycles. The van der Waals surface area contributed by atoms with Crippen LogP contribution in [0, 0.1) is 0 Å². The zero-order valence-electron chi connectivity index (χ0n) is 9.39. The summed E-state index contributed by atoms with van der Waals surface area (Å²) in [6.45, 7) is 0.191. The lowest BCUT2D eigenvalue weighted by Crippen LogP contribution is -1.98. The van der Waals surface area contributed by atoms with Crippen molar-refractivity contribution in [2.24, 2.45) is 0 Å². The van der Waals surface area contributed by atoms with Gasteiger partial charge in [-0.2, -0.15) is 0 Å². The fourth-order valence-electron chi connectivity index (χ4n) is 1.44. The fourth-order valence-corrected chi connectivity index (χ4v) is 2.53. The van der Waals surface area contributed by atoms with Gasteiger partial charge in [-0.3, -0.25) is 0 Å². The van der Waals surface area contributed by atoms with Crippen LogP contribution in [0.2, 0.25) is 25.1 Å². The number of rotatable bonds is 3. The molecule has 0 aromatic heterocycles. The van der Waals surface area contributed by atoms with Gasteiger partial charge in [-0.15, -0.1) is 0 Å². The van der Waals surface area contributed by atoms with Crippen molar-refractivity contribution in [3.8, 4) is 5.75 Å². The first-order valence-corrected chi connectivity index (χ1v) is 7.08. The van der Waals surface area contributed by atoms with E-state index in [2.05, 4.69) is 0 Å². The van der Waals surface area contributed by atoms with E-state index < -0.39 is 0 Å². The summed E-state index contributed by atoms with van der Waals surface area (Å²) in [5, 5.41) is 2.17. The molecule has 6 heteroatoms. The monoisotopic (exact) mass is 354 g/mol. The van der Waals surface area contributed by atoms with Gasteiger partial charge in [-0.25, -0.2) is 0 Å². The van der Waals surface area contributed by atoms with E-state index in [0.29, 0.717) is 36.4 Å². The van der Waals surface area contributed by atoms with Gasteiger partial charge in [0.2, 0.25) is 0 Å². The highest BCUT2D eigenvalue weighted by molar-refractivity contribution is 6.43. The van der Waals surface area contributed by atoms with E-state index in [-0.39, 0.29) is 6.61 Å². The summed E-state index contributed by atoms with van der Waals surface area (Å²) in [5.41, 5.74) is 0.688. The Kier molecular flexibility index (Phi) is 5.10. The number of ether oxygens (including phenoxy) is 1. The maximum absolute atomic E-state index is 6.05. The highest BCUT2D eigenvalue weighted by atomic mass is 35.5. The summed E-state index contributed by atoms with van der Waals surface area (Å²) in [4.78, 5) is 0. The van der Waals surface area contributed by atoms with E-state index >= 15 is 0 Å². The minimum atomic E-state index is 0.191. The average molecular weight is 356 g/mol. The zero-order chi connectivity index (χ0) is 14.0. The van der Waals surface area contributed by atoms with Crippen LogP contribution in [0.4, 0.5) is 0 Å². The predicted octanol–water partition coefficient (Wildman–Crippen LogP) is 6.53. The van der Waals surface area contributed by atoms with Crippen LogP contribution in [0.3, 0.4) is 0 Å². The van der Waals surface area contributed by atoms with E-state index in [1.54, 1.807) is 24.3 Å². The van der Waals surface area contributed by atoms with Crippen LogP contribution >= 0.6 is 58.0 Å². The number of hydrogen-bond acceptors (Lipinski definition) is 1. The lowest BCUT2D eigenvalue weighted by molar-refractivity contribution is 0.306. The van der Waals surface area contributed by atoms with Crippen molar-refractivity contribution in [1.29, 1.82) is 0 Å². The third-order valence-electron chi connectivity index (χ3n) is 2.41. The number of hydrogen-bond donors (Lipinski definition) is 0. The van der Waals surface area contributed by atoms with Crippen molar-refractivity contribution in [3.63, 3.8) is 0 Å². The molecule has 2 aromatic rings. The van der Waals surface area contributed by atoms with Gasteiger partial charge in [0.1, 0.15) is 12.4 Å². The molecule has 0 amide bonds. The standard InChI is InChI=1S/C13H7Cl5O/c14-8-2-1-3-9(15)7(8)6-19-13-5-11(17)10(16)4-12(13)18/h1-5H,6H2. The molecular weight excluding hydrogens is 349 g/mol. The smallest absolute Gasteiger partial charge is 0.139 e. The highest BCUT2D eigenvalue weighted by Gasteiger charge is 2.10. The van der Waals surface area contributed by atoms with E-state index in [9.17, 15) is 0 Å². The third kappa shape index (κ3) is 3.62. The highest BCUT2D eigenvalue weighted by Crippen LogP contribution is 2.35. The molecule has 1 nitrogen and oxygen atoms in total. The van der Waals surface area contributed by atoms with E-state index in [1.165, 1.54) is 6.07 Å². The SMILES string of the molecule is Clc1cc(Cl)c(OCc2c(Cl)cccc2Cl)cc1Cl. The van der Waals surface area contributed by atoms with Gasteiger partial charge >= 0.3 is 0 Å². The lowest BCUT2D eigenvalue weighted by Gasteiger charge is -2.11. The van der Waals surface area contributed by atoms with Crippen LogP contribution in [0.25, 0.3) is 0 Å². The van der Waals surface area contributed by atoms with E-state index in [0.717, 1.165) is 0 Å². The van der Waals surface area contributed by atoms with Crippen molar-refractivity contribution >= 4 is 58.0 Å². The lowest BCUT2D eigenvalue weighted by atomic mass is 10.2. The maximum atomic E-state index is 6.05. The number of halogens is 5. The van der Waals surface area contributed by atoms with Crippen molar-refractivity contribution in [2.75, 3.05) is 0 Å². The Balaban J connectivity index is 2.22. The molecule has 19 heavy (non-hydrogen) atoms. The molecule has 0 N–H and O–H groups in total. The first-order valence-electron chi connectivity index (χ1n) is 5.19. The first kappa shape index (κ1) is 15.1. The Labute approximate surface area is 135 Å². The van der Waals surface area contributed by atoms with E-state index in [1.807, 2.05) is 0 Å². The Hall–Kier alpha value is -0.310. The van der Waals surface area contributed by atoms with Gasteiger partial charge in [0, 0.05) is 21.7 Å². The second-order valence-corrected chi connectivity index (χ2v) is 5.72. The molecule has 0 aliphatic heterocycles. The predicted molar refractivity (Wildman–Crippen MR) is 82.3 cm³/mol. The summed E-state index contributed by atoms with van der Waals surface area (Å²) in [7, 11) is 0. The molecule has 0 atom stereocenters. The summed E-state index contributed by atoms with van der Waals surface area (Å²) in [6.07, 6.45) is 0. The molecule has 0 radical (unpaired) electrons. The molecule has 100 valence electrons. The largest absolute Gasteiger partial charge is 0.487 e. The van der Waals surface area contributed by atoms with Crippen LogP contribution in [0.15, 0.2) is 30.3 Å².